The number of fused-ring (bicyclic) bond motifs is 8. The molecule has 4 aromatic rings. The fourth-order valence-electron chi connectivity index (χ4n) is 4.89. The lowest BCUT2D eigenvalue weighted by atomic mass is 9.98. The number of sulfonamides is 1. The first-order valence-corrected chi connectivity index (χ1v) is 13.2. The molecular formula is C27H23N5O4S. The number of aromatic nitrogens is 3. The summed E-state index contributed by atoms with van der Waals surface area (Å²) in [5.74, 6) is -0.222. The van der Waals surface area contributed by atoms with Gasteiger partial charge in [-0.2, -0.15) is 4.98 Å². The Kier molecular flexibility index (Phi) is 5.41. The summed E-state index contributed by atoms with van der Waals surface area (Å²) in [6, 6.07) is 15.4. The molecule has 0 fully saturated rings. The van der Waals surface area contributed by atoms with E-state index in [0.29, 0.717) is 12.2 Å². The molecule has 10 heteroatoms. The average molecular weight is 514 g/mol. The van der Waals surface area contributed by atoms with Gasteiger partial charge in [-0.3, -0.25) is 9.78 Å². The summed E-state index contributed by atoms with van der Waals surface area (Å²) in [6.07, 6.45) is 2.87. The maximum Gasteiger partial charge on any atom is 0.264 e. The number of carbonyl (C=O) groups is 1. The van der Waals surface area contributed by atoms with Crippen molar-refractivity contribution in [3.8, 4) is 17.1 Å². The van der Waals surface area contributed by atoms with Crippen LogP contribution in [0.25, 0.3) is 11.3 Å². The van der Waals surface area contributed by atoms with Gasteiger partial charge in [0.25, 0.3) is 15.9 Å². The normalized spacial score (nSPS) is 17.8. The number of ether oxygens (including phenoxy) is 1. The molecule has 0 aliphatic carbocycles. The van der Waals surface area contributed by atoms with E-state index in [4.69, 9.17) is 4.74 Å². The zero-order valence-electron chi connectivity index (χ0n) is 20.2. The van der Waals surface area contributed by atoms with Gasteiger partial charge in [0, 0.05) is 41.7 Å². The minimum absolute atomic E-state index is 0.0585. The van der Waals surface area contributed by atoms with Gasteiger partial charge in [0.05, 0.1) is 17.1 Å². The number of aryl methyl sites for hydroxylation is 2. The maximum atomic E-state index is 13.5. The Morgan fingerprint density at radius 3 is 2.62 bits per heavy atom. The van der Waals surface area contributed by atoms with E-state index in [-0.39, 0.29) is 34.7 Å². The summed E-state index contributed by atoms with van der Waals surface area (Å²) >= 11 is 0. The number of amides is 1. The van der Waals surface area contributed by atoms with Crippen molar-refractivity contribution in [3.05, 3.63) is 94.8 Å². The highest BCUT2D eigenvalue weighted by Crippen LogP contribution is 2.34. The highest BCUT2D eigenvalue weighted by atomic mass is 32.2. The standard InChI is InChI=1S/C27H23N5O4S/c1-16-5-3-6-17(2)25(16)22-12-24-30-27(29-22)31-37(34,35)20-8-4-7-18(11-20)26(33)32-14-19-13-28-10-9-21(19)23(15-32)36-24/h3-13,23H,14-15H2,1-2H3,(H,29,30,31). The number of nitrogens with one attached hydrogen (secondary N) is 1. The largest absolute Gasteiger partial charge is 0.467 e. The van der Waals surface area contributed by atoms with E-state index in [1.54, 1.807) is 35.5 Å². The molecule has 1 atom stereocenters. The van der Waals surface area contributed by atoms with E-state index in [1.807, 2.05) is 38.1 Å². The second kappa shape index (κ2) is 8.67. The van der Waals surface area contributed by atoms with Crippen LogP contribution in [0.3, 0.4) is 0 Å². The molecule has 6 rings (SSSR count). The molecule has 2 aliphatic heterocycles. The third-order valence-corrected chi connectivity index (χ3v) is 7.97. The summed E-state index contributed by atoms with van der Waals surface area (Å²) in [5.41, 5.74) is 5.37. The fourth-order valence-corrected chi connectivity index (χ4v) is 5.88. The van der Waals surface area contributed by atoms with Crippen molar-refractivity contribution < 1.29 is 17.9 Å². The molecule has 1 amide bonds. The molecule has 0 saturated carbocycles. The molecule has 2 aliphatic rings. The zero-order valence-corrected chi connectivity index (χ0v) is 21.0. The lowest BCUT2D eigenvalue weighted by Gasteiger charge is -2.34. The molecular weight excluding hydrogens is 490 g/mol. The summed E-state index contributed by atoms with van der Waals surface area (Å²) in [4.78, 5) is 28.2. The highest BCUT2D eigenvalue weighted by molar-refractivity contribution is 7.92. The Hall–Kier alpha value is -4.31. The Morgan fingerprint density at radius 2 is 1.81 bits per heavy atom. The zero-order chi connectivity index (χ0) is 25.7. The van der Waals surface area contributed by atoms with Crippen LogP contribution in [0, 0.1) is 13.8 Å². The topological polar surface area (TPSA) is 114 Å². The van der Waals surface area contributed by atoms with Crippen molar-refractivity contribution in [1.29, 1.82) is 0 Å². The molecule has 9 nitrogen and oxygen atoms in total. The van der Waals surface area contributed by atoms with E-state index >= 15 is 0 Å². The maximum absolute atomic E-state index is 13.5. The van der Waals surface area contributed by atoms with Crippen LogP contribution in [-0.2, 0) is 16.6 Å². The van der Waals surface area contributed by atoms with Crippen molar-refractivity contribution in [3.63, 3.8) is 0 Å². The van der Waals surface area contributed by atoms with Crippen molar-refractivity contribution in [2.24, 2.45) is 0 Å². The minimum Gasteiger partial charge on any atom is -0.467 e. The van der Waals surface area contributed by atoms with Gasteiger partial charge >= 0.3 is 0 Å². The van der Waals surface area contributed by atoms with Crippen molar-refractivity contribution >= 4 is 21.9 Å². The van der Waals surface area contributed by atoms with Crippen molar-refractivity contribution in [2.45, 2.75) is 31.4 Å². The third-order valence-electron chi connectivity index (χ3n) is 6.64. The lowest BCUT2D eigenvalue weighted by molar-refractivity contribution is 0.0588. The first-order valence-electron chi connectivity index (χ1n) is 11.8. The van der Waals surface area contributed by atoms with Crippen LogP contribution in [0.2, 0.25) is 0 Å². The number of anilines is 1. The van der Waals surface area contributed by atoms with Gasteiger partial charge in [-0.05, 0) is 54.8 Å². The Labute approximate surface area is 214 Å². The first-order chi connectivity index (χ1) is 17.8. The average Bonchev–Trinajstić information content (AvgIpc) is 2.87. The number of hydrogen-bond acceptors (Lipinski definition) is 7. The molecule has 4 heterocycles. The van der Waals surface area contributed by atoms with Crippen LogP contribution in [0.5, 0.6) is 5.88 Å². The van der Waals surface area contributed by atoms with Gasteiger partial charge in [-0.25, -0.2) is 18.1 Å². The van der Waals surface area contributed by atoms with Gasteiger partial charge in [0.2, 0.25) is 11.8 Å². The van der Waals surface area contributed by atoms with Crippen LogP contribution in [0.4, 0.5) is 5.95 Å². The SMILES string of the molecule is Cc1cccc(C)c1-c1cc2nc(n1)NS(=O)(=O)c1cccc(c1)C(=O)N1Cc3cnccc3C(C1)O2. The van der Waals surface area contributed by atoms with Crippen LogP contribution < -0.4 is 9.46 Å². The monoisotopic (exact) mass is 513 g/mol. The molecule has 2 aromatic heterocycles. The van der Waals surface area contributed by atoms with Gasteiger partial charge in [-0.1, -0.05) is 24.3 Å². The Morgan fingerprint density at radius 1 is 1.03 bits per heavy atom. The third kappa shape index (κ3) is 4.19. The van der Waals surface area contributed by atoms with E-state index < -0.39 is 16.1 Å². The van der Waals surface area contributed by atoms with Crippen LogP contribution in [0.1, 0.15) is 38.7 Å². The molecule has 1 N–H and O–H groups in total. The van der Waals surface area contributed by atoms with E-state index in [0.717, 1.165) is 27.8 Å². The number of carbonyl (C=O) groups excluding carboxylic acids is 1. The number of rotatable bonds is 1. The summed E-state index contributed by atoms with van der Waals surface area (Å²) in [6.45, 7) is 4.53. The summed E-state index contributed by atoms with van der Waals surface area (Å²) in [7, 11) is -4.09. The number of pyridine rings is 1. The smallest absolute Gasteiger partial charge is 0.264 e. The van der Waals surface area contributed by atoms with Crippen LogP contribution in [-0.4, -0.2) is 40.7 Å². The molecule has 0 saturated heterocycles. The van der Waals surface area contributed by atoms with E-state index in [2.05, 4.69) is 19.7 Å². The van der Waals surface area contributed by atoms with Crippen molar-refractivity contribution in [1.82, 2.24) is 19.9 Å². The summed E-state index contributed by atoms with van der Waals surface area (Å²) < 4.78 is 35.5. The van der Waals surface area contributed by atoms with E-state index in [9.17, 15) is 13.2 Å². The Balaban J connectivity index is 1.57. The lowest BCUT2D eigenvalue weighted by Crippen LogP contribution is -2.40. The number of benzene rings is 2. The van der Waals surface area contributed by atoms with Crippen LogP contribution >= 0.6 is 0 Å². The Bertz CT molecular complexity index is 1650. The molecule has 0 spiro atoms. The van der Waals surface area contributed by atoms with Gasteiger partial charge in [0.15, 0.2) is 0 Å². The van der Waals surface area contributed by atoms with Crippen LogP contribution in [0.15, 0.2) is 71.9 Å². The van der Waals surface area contributed by atoms with Crippen molar-refractivity contribution in [2.75, 3.05) is 11.3 Å². The quantitative estimate of drug-likeness (QED) is 0.408. The van der Waals surface area contributed by atoms with Gasteiger partial charge in [-0.15, -0.1) is 0 Å². The summed E-state index contributed by atoms with van der Waals surface area (Å²) in [5, 5.41) is 0. The fraction of sp³-hybridized carbons (Fsp3) is 0.185. The molecule has 1 unspecified atom stereocenters. The predicted octanol–water partition coefficient (Wildman–Crippen LogP) is 4.05. The first kappa shape index (κ1) is 23.1. The number of nitrogens with zero attached hydrogens (tertiary/aromatic N) is 4. The van der Waals surface area contributed by atoms with Gasteiger partial charge < -0.3 is 9.64 Å². The number of hydrogen-bond donors (Lipinski definition) is 1. The molecule has 6 bridgehead atoms. The van der Waals surface area contributed by atoms with E-state index in [1.165, 1.54) is 12.1 Å². The predicted molar refractivity (Wildman–Crippen MR) is 137 cm³/mol. The second-order valence-corrected chi connectivity index (χ2v) is 10.9. The molecule has 0 radical (unpaired) electrons. The molecule has 186 valence electrons. The molecule has 37 heavy (non-hydrogen) atoms. The minimum atomic E-state index is -4.09. The van der Waals surface area contributed by atoms with Gasteiger partial charge in [0.1, 0.15) is 6.10 Å². The highest BCUT2D eigenvalue weighted by Gasteiger charge is 2.32. The molecule has 2 aromatic carbocycles. The second-order valence-electron chi connectivity index (χ2n) is 9.18.